The fourth-order valence-electron chi connectivity index (χ4n) is 0. The molecule has 0 rings (SSSR count). The van der Waals surface area contributed by atoms with Gasteiger partial charge in [0.1, 0.15) is 0 Å². The zero-order valence-corrected chi connectivity index (χ0v) is 4.52. The summed E-state index contributed by atoms with van der Waals surface area (Å²) in [6.45, 7) is 7.50. The summed E-state index contributed by atoms with van der Waals surface area (Å²) in [4.78, 5) is 16.2. The molecular formula is C5H8O2. The predicted molar refractivity (Wildman–Crippen MR) is 25.5 cm³/mol. The second-order valence-electron chi connectivity index (χ2n) is 1.29. The largest absolute Gasteiger partial charge is 0.373 e. The highest BCUT2D eigenvalue weighted by Gasteiger charge is 1.51. The normalized spacial score (nSPS) is 4.86. The first-order valence-corrected chi connectivity index (χ1v) is 1.76. The highest BCUT2D eigenvalue weighted by Crippen LogP contribution is 1.73. The van der Waals surface area contributed by atoms with E-state index in [9.17, 15) is 0 Å². The Morgan fingerprint density at radius 2 is 1.43 bits per heavy atom. The lowest BCUT2D eigenvalue weighted by molar-refractivity contribution is -0.191. The first-order valence-electron chi connectivity index (χ1n) is 1.76. The number of hydrogen-bond donors (Lipinski definition) is 0. The third-order valence-corrected chi connectivity index (χ3v) is 0. The van der Waals surface area contributed by atoms with Crippen LogP contribution in [0.4, 0.5) is 0 Å². The average Bonchev–Trinajstić information content (AvgIpc) is 1.33. The van der Waals surface area contributed by atoms with Gasteiger partial charge in [0.05, 0.1) is 0 Å². The van der Waals surface area contributed by atoms with Gasteiger partial charge >= 0.3 is 6.15 Å². The van der Waals surface area contributed by atoms with E-state index in [4.69, 9.17) is 9.59 Å². The van der Waals surface area contributed by atoms with Crippen LogP contribution in [-0.4, -0.2) is 6.15 Å². The summed E-state index contributed by atoms with van der Waals surface area (Å²) in [5.41, 5.74) is 1.17. The molecule has 0 bridgehead atoms. The molecule has 0 aliphatic carbocycles. The lowest BCUT2D eigenvalue weighted by atomic mass is 10.4. The summed E-state index contributed by atoms with van der Waals surface area (Å²) < 4.78 is 0. The molecule has 0 N–H and O–H groups in total. The van der Waals surface area contributed by atoms with E-state index >= 15 is 0 Å². The molecule has 0 atom stereocenters. The maximum atomic E-state index is 8.12. The Hall–Kier alpha value is -0.880. The average molecular weight is 100 g/mol. The molecule has 0 aromatic carbocycles. The molecule has 0 unspecified atom stereocenters. The van der Waals surface area contributed by atoms with Crippen molar-refractivity contribution in [2.75, 3.05) is 0 Å². The van der Waals surface area contributed by atoms with Crippen LogP contribution < -0.4 is 0 Å². The molecule has 0 saturated heterocycles. The minimum atomic E-state index is 0.250. The molecule has 0 aliphatic heterocycles. The van der Waals surface area contributed by atoms with Gasteiger partial charge in [-0.1, -0.05) is 5.57 Å². The van der Waals surface area contributed by atoms with Gasteiger partial charge in [-0.05, 0) is 13.8 Å². The van der Waals surface area contributed by atoms with E-state index in [0.717, 1.165) is 0 Å². The van der Waals surface area contributed by atoms with E-state index < -0.39 is 0 Å². The number of hydrogen-bond acceptors (Lipinski definition) is 2. The van der Waals surface area contributed by atoms with Gasteiger partial charge in [0, 0.05) is 0 Å². The molecule has 0 radical (unpaired) electrons. The molecule has 2 nitrogen and oxygen atoms in total. The van der Waals surface area contributed by atoms with Crippen molar-refractivity contribution in [3.05, 3.63) is 12.2 Å². The first-order chi connectivity index (χ1) is 3.15. The molecule has 0 fully saturated rings. The van der Waals surface area contributed by atoms with E-state index in [0.29, 0.717) is 0 Å². The van der Waals surface area contributed by atoms with E-state index in [1.54, 1.807) is 0 Å². The van der Waals surface area contributed by atoms with Gasteiger partial charge in [-0.25, -0.2) is 0 Å². The number of rotatable bonds is 0. The Balaban J connectivity index is 0. The highest BCUT2D eigenvalue weighted by atomic mass is 16.2. The van der Waals surface area contributed by atoms with Crippen LogP contribution in [0.1, 0.15) is 13.8 Å². The van der Waals surface area contributed by atoms with Crippen LogP contribution in [0.15, 0.2) is 12.2 Å². The molecule has 0 heterocycles. The SMILES string of the molecule is C=C(C)C.O=C=O. The van der Waals surface area contributed by atoms with Gasteiger partial charge in [0.15, 0.2) is 0 Å². The van der Waals surface area contributed by atoms with Gasteiger partial charge in [0.2, 0.25) is 0 Å². The Morgan fingerprint density at radius 3 is 1.43 bits per heavy atom. The summed E-state index contributed by atoms with van der Waals surface area (Å²) in [5, 5.41) is 0. The summed E-state index contributed by atoms with van der Waals surface area (Å²) in [6.07, 6.45) is 0.250. The molecule has 0 aromatic heterocycles. The third kappa shape index (κ3) is 64.4. The Morgan fingerprint density at radius 1 is 1.43 bits per heavy atom. The van der Waals surface area contributed by atoms with Crippen LogP contribution >= 0.6 is 0 Å². The molecule has 0 aromatic rings. The second-order valence-corrected chi connectivity index (χ2v) is 1.29. The van der Waals surface area contributed by atoms with Crippen molar-refractivity contribution in [3.63, 3.8) is 0 Å². The maximum absolute atomic E-state index is 8.12. The van der Waals surface area contributed by atoms with Crippen molar-refractivity contribution in [2.24, 2.45) is 0 Å². The lowest BCUT2D eigenvalue weighted by Crippen LogP contribution is -1.43. The van der Waals surface area contributed by atoms with Crippen LogP contribution in [-0.2, 0) is 9.59 Å². The minimum Gasteiger partial charge on any atom is -0.186 e. The zero-order valence-electron chi connectivity index (χ0n) is 4.52. The summed E-state index contributed by atoms with van der Waals surface area (Å²) in [7, 11) is 0. The molecular weight excluding hydrogens is 92.1 g/mol. The summed E-state index contributed by atoms with van der Waals surface area (Å²) >= 11 is 0. The molecule has 0 amide bonds. The Kier molecular flexibility index (Phi) is 12.1. The molecule has 0 spiro atoms. The topological polar surface area (TPSA) is 34.1 Å². The molecule has 0 aliphatic rings. The Bertz CT molecular complexity index is 74.1. The maximum Gasteiger partial charge on any atom is 0.373 e. The molecule has 2 heteroatoms. The van der Waals surface area contributed by atoms with Gasteiger partial charge in [0.25, 0.3) is 0 Å². The van der Waals surface area contributed by atoms with Gasteiger partial charge < -0.3 is 0 Å². The van der Waals surface area contributed by atoms with Crippen molar-refractivity contribution >= 4 is 6.15 Å². The number of allylic oxidation sites excluding steroid dienone is 1. The monoisotopic (exact) mass is 100 g/mol. The van der Waals surface area contributed by atoms with Crippen molar-refractivity contribution in [1.82, 2.24) is 0 Å². The van der Waals surface area contributed by atoms with Crippen LogP contribution in [0.3, 0.4) is 0 Å². The van der Waals surface area contributed by atoms with E-state index in [2.05, 4.69) is 6.58 Å². The first kappa shape index (κ1) is 9.45. The van der Waals surface area contributed by atoms with Crippen molar-refractivity contribution < 1.29 is 9.59 Å². The minimum absolute atomic E-state index is 0.250. The van der Waals surface area contributed by atoms with E-state index in [-0.39, 0.29) is 6.15 Å². The van der Waals surface area contributed by atoms with Crippen LogP contribution in [0, 0.1) is 0 Å². The van der Waals surface area contributed by atoms with Crippen molar-refractivity contribution in [1.29, 1.82) is 0 Å². The predicted octanol–water partition coefficient (Wildman–Crippen LogP) is 0.999. The van der Waals surface area contributed by atoms with Crippen LogP contribution in [0.25, 0.3) is 0 Å². The van der Waals surface area contributed by atoms with Crippen molar-refractivity contribution in [2.45, 2.75) is 13.8 Å². The van der Waals surface area contributed by atoms with Gasteiger partial charge in [-0.15, -0.1) is 6.58 Å². The third-order valence-electron chi connectivity index (χ3n) is 0. The fourth-order valence-corrected chi connectivity index (χ4v) is 0. The molecule has 7 heavy (non-hydrogen) atoms. The molecule has 0 saturated carbocycles. The lowest BCUT2D eigenvalue weighted by Gasteiger charge is -1.65. The van der Waals surface area contributed by atoms with Crippen molar-refractivity contribution in [3.8, 4) is 0 Å². The molecule has 40 valence electrons. The van der Waals surface area contributed by atoms with E-state index in [1.807, 2.05) is 13.8 Å². The fraction of sp³-hybridized carbons (Fsp3) is 0.400. The van der Waals surface area contributed by atoms with Gasteiger partial charge in [-0.3, -0.25) is 0 Å². The van der Waals surface area contributed by atoms with Crippen LogP contribution in [0.5, 0.6) is 0 Å². The zero-order chi connectivity index (χ0) is 6.28. The highest BCUT2D eigenvalue weighted by molar-refractivity contribution is 5.20. The second kappa shape index (κ2) is 8.93. The number of carbonyl (C=O) groups excluding carboxylic acids is 2. The van der Waals surface area contributed by atoms with Gasteiger partial charge in [-0.2, -0.15) is 9.59 Å². The standard InChI is InChI=1S/C4H8.CO2/c1-4(2)3;2-1-3/h1H2,2-3H3;. The quantitative estimate of drug-likeness (QED) is 0.425. The smallest absolute Gasteiger partial charge is 0.186 e. The van der Waals surface area contributed by atoms with E-state index in [1.165, 1.54) is 5.57 Å². The summed E-state index contributed by atoms with van der Waals surface area (Å²) in [6, 6.07) is 0. The van der Waals surface area contributed by atoms with Crippen LogP contribution in [0.2, 0.25) is 0 Å². The Labute approximate surface area is 42.8 Å². The summed E-state index contributed by atoms with van der Waals surface area (Å²) in [5.74, 6) is 0.